The molecule has 170 valence electrons. The molecule has 1 fully saturated rings. The third kappa shape index (κ3) is 5.51. The van der Waals surface area contributed by atoms with Crippen molar-refractivity contribution < 1.29 is 22.7 Å². The van der Waals surface area contributed by atoms with Crippen molar-refractivity contribution in [1.82, 2.24) is 14.7 Å². The van der Waals surface area contributed by atoms with E-state index in [2.05, 4.69) is 25.5 Å². The Hall–Kier alpha value is -2.81. The number of aromatic amines is 1. The number of carbonyl (C=O) groups is 1. The van der Waals surface area contributed by atoms with E-state index >= 15 is 0 Å². The van der Waals surface area contributed by atoms with Gasteiger partial charge in [0.1, 0.15) is 5.75 Å². The number of nitrogens with zero attached hydrogens (tertiary/aromatic N) is 1. The molecule has 2 aromatic heterocycles. The van der Waals surface area contributed by atoms with E-state index in [1.807, 2.05) is 12.3 Å². The Morgan fingerprint density at radius 3 is 2.53 bits per heavy atom. The van der Waals surface area contributed by atoms with Gasteiger partial charge in [0.05, 0.1) is 17.0 Å². The van der Waals surface area contributed by atoms with Crippen LogP contribution in [0.1, 0.15) is 53.3 Å². The molecule has 0 atom stereocenters. The highest BCUT2D eigenvalue weighted by molar-refractivity contribution is 7.03. The molecule has 1 aliphatic carbocycles. The lowest BCUT2D eigenvalue weighted by molar-refractivity contribution is -0.274. The highest BCUT2D eigenvalue weighted by Gasteiger charge is 2.31. The lowest BCUT2D eigenvalue weighted by Crippen LogP contribution is -2.31. The fourth-order valence-electron chi connectivity index (χ4n) is 4.25. The highest BCUT2D eigenvalue weighted by atomic mass is 32.1. The maximum Gasteiger partial charge on any atom is 0.573 e. The Morgan fingerprint density at radius 2 is 1.91 bits per heavy atom. The van der Waals surface area contributed by atoms with Crippen molar-refractivity contribution in [2.75, 3.05) is 6.54 Å². The number of H-pyrrole nitrogens is 1. The molecule has 0 radical (unpaired) electrons. The van der Waals surface area contributed by atoms with Crippen LogP contribution in [0.3, 0.4) is 0 Å². The number of rotatable bonds is 6. The number of carbonyl (C=O) groups excluding carboxylic acids is 1. The molecule has 0 unspecified atom stereocenters. The molecule has 2 heterocycles. The van der Waals surface area contributed by atoms with Crippen LogP contribution in [-0.4, -0.2) is 28.2 Å². The third-order valence-corrected chi connectivity index (χ3v) is 6.42. The van der Waals surface area contributed by atoms with Crippen LogP contribution >= 0.6 is 11.5 Å². The molecule has 1 aromatic carbocycles. The summed E-state index contributed by atoms with van der Waals surface area (Å²) >= 11 is 1.48. The van der Waals surface area contributed by atoms with Crippen LogP contribution in [0.4, 0.5) is 13.2 Å². The maximum atomic E-state index is 12.9. The summed E-state index contributed by atoms with van der Waals surface area (Å²) in [6.45, 7) is 2.44. The summed E-state index contributed by atoms with van der Waals surface area (Å²) in [6.07, 6.45) is -0.504. The minimum Gasteiger partial charge on any atom is -0.406 e. The van der Waals surface area contributed by atoms with E-state index in [9.17, 15) is 18.0 Å². The zero-order valence-corrected chi connectivity index (χ0v) is 18.4. The molecule has 1 amide bonds. The molecule has 32 heavy (non-hydrogen) atoms. The molecule has 4 rings (SSSR count). The smallest absolute Gasteiger partial charge is 0.406 e. The number of hydrogen-bond donors (Lipinski definition) is 2. The molecule has 1 aliphatic rings. The van der Waals surface area contributed by atoms with E-state index < -0.39 is 6.36 Å². The van der Waals surface area contributed by atoms with Crippen LogP contribution in [0, 0.1) is 12.8 Å². The van der Waals surface area contributed by atoms with E-state index in [1.54, 1.807) is 6.07 Å². The number of hydrogen-bond acceptors (Lipinski definition) is 4. The molecule has 0 bridgehead atoms. The van der Waals surface area contributed by atoms with Crippen molar-refractivity contribution in [3.05, 3.63) is 58.7 Å². The van der Waals surface area contributed by atoms with Gasteiger partial charge in [-0.15, -0.1) is 13.2 Å². The second-order valence-corrected chi connectivity index (χ2v) is 8.83. The molecule has 1 saturated carbocycles. The van der Waals surface area contributed by atoms with E-state index in [-0.39, 0.29) is 11.7 Å². The van der Waals surface area contributed by atoms with Crippen LogP contribution in [0.2, 0.25) is 0 Å². The Labute approximate surface area is 188 Å². The first kappa shape index (κ1) is 22.4. The third-order valence-electron chi connectivity index (χ3n) is 5.85. The van der Waals surface area contributed by atoms with Crippen molar-refractivity contribution in [2.24, 2.45) is 5.92 Å². The van der Waals surface area contributed by atoms with E-state index in [0.717, 1.165) is 31.4 Å². The quantitative estimate of drug-likeness (QED) is 0.468. The molecular formula is C23H24F3N3O2S. The lowest BCUT2D eigenvalue weighted by atomic mass is 9.80. The zero-order valence-electron chi connectivity index (χ0n) is 17.5. The van der Waals surface area contributed by atoms with E-state index in [1.165, 1.54) is 41.5 Å². The fraction of sp³-hybridized carbons (Fsp3) is 0.391. The minimum absolute atomic E-state index is 0.193. The van der Waals surface area contributed by atoms with Crippen LogP contribution < -0.4 is 10.1 Å². The van der Waals surface area contributed by atoms with Crippen molar-refractivity contribution in [3.8, 4) is 17.0 Å². The van der Waals surface area contributed by atoms with Crippen molar-refractivity contribution in [1.29, 1.82) is 0 Å². The number of nitrogens with one attached hydrogen (secondary N) is 2. The van der Waals surface area contributed by atoms with Crippen molar-refractivity contribution >= 4 is 17.4 Å². The number of aryl methyl sites for hydroxylation is 1. The zero-order chi connectivity index (χ0) is 22.7. The van der Waals surface area contributed by atoms with Gasteiger partial charge in [-0.1, -0.05) is 0 Å². The summed E-state index contributed by atoms with van der Waals surface area (Å²) in [4.78, 5) is 16.0. The van der Waals surface area contributed by atoms with Gasteiger partial charge in [-0.3, -0.25) is 4.79 Å². The van der Waals surface area contributed by atoms with Gasteiger partial charge < -0.3 is 15.0 Å². The number of alkyl halides is 3. The SMILES string of the molecule is Cc1cc(C(=O)NCC2CCC(c3ccsn3)CC2)c(-c2ccc(OC(F)(F)F)cc2)[nH]1. The number of benzene rings is 1. The molecule has 9 heteroatoms. The van der Waals surface area contributed by atoms with Gasteiger partial charge >= 0.3 is 6.36 Å². The summed E-state index contributed by atoms with van der Waals surface area (Å²) in [5.41, 5.74) is 3.64. The molecule has 5 nitrogen and oxygen atoms in total. The number of halogens is 3. The summed E-state index contributed by atoms with van der Waals surface area (Å²) in [5, 5.41) is 5.05. The van der Waals surface area contributed by atoms with Gasteiger partial charge in [0.25, 0.3) is 5.91 Å². The molecular weight excluding hydrogens is 439 g/mol. The van der Waals surface area contributed by atoms with Crippen LogP contribution in [0.25, 0.3) is 11.3 Å². The fourth-order valence-corrected chi connectivity index (χ4v) is 4.84. The van der Waals surface area contributed by atoms with Gasteiger partial charge in [-0.2, -0.15) is 4.37 Å². The van der Waals surface area contributed by atoms with Gasteiger partial charge in [-0.05, 0) is 92.0 Å². The first-order valence-corrected chi connectivity index (χ1v) is 11.4. The largest absolute Gasteiger partial charge is 0.573 e. The van der Waals surface area contributed by atoms with E-state index in [0.29, 0.717) is 35.2 Å². The summed E-state index contributed by atoms with van der Waals surface area (Å²) in [6, 6.07) is 9.33. The minimum atomic E-state index is -4.74. The summed E-state index contributed by atoms with van der Waals surface area (Å²) < 4.78 is 45.5. The average Bonchev–Trinajstić information content (AvgIpc) is 3.42. The van der Waals surface area contributed by atoms with Crippen LogP contribution in [0.15, 0.2) is 41.8 Å². The average molecular weight is 464 g/mol. The number of amides is 1. The molecule has 0 aliphatic heterocycles. The van der Waals surface area contributed by atoms with Gasteiger partial charge in [0.2, 0.25) is 0 Å². The van der Waals surface area contributed by atoms with Crippen LogP contribution in [-0.2, 0) is 0 Å². The molecule has 0 saturated heterocycles. The van der Waals surface area contributed by atoms with Gasteiger partial charge in [-0.25, -0.2) is 0 Å². The molecule has 2 N–H and O–H groups in total. The summed E-state index contributed by atoms with van der Waals surface area (Å²) in [5.74, 6) is 0.443. The predicted octanol–water partition coefficient (Wildman–Crippen LogP) is 6.05. The predicted molar refractivity (Wildman–Crippen MR) is 117 cm³/mol. The van der Waals surface area contributed by atoms with Crippen LogP contribution in [0.5, 0.6) is 5.75 Å². The Morgan fingerprint density at radius 1 is 1.19 bits per heavy atom. The van der Waals surface area contributed by atoms with Gasteiger partial charge in [0, 0.05) is 23.5 Å². The van der Waals surface area contributed by atoms with E-state index in [4.69, 9.17) is 0 Å². The Balaban J connectivity index is 1.37. The number of aromatic nitrogens is 2. The van der Waals surface area contributed by atoms with Crippen molar-refractivity contribution in [3.63, 3.8) is 0 Å². The second-order valence-electron chi connectivity index (χ2n) is 8.17. The summed E-state index contributed by atoms with van der Waals surface area (Å²) in [7, 11) is 0. The topological polar surface area (TPSA) is 67.0 Å². The molecule has 3 aromatic rings. The standard InChI is InChI=1S/C23H24F3N3O2S/c1-14-12-19(21(28-14)17-6-8-18(9-7-17)31-23(24,25)26)22(30)27-13-15-2-4-16(5-3-15)20-10-11-32-29-20/h6-12,15-16,28H,2-5,13H2,1H3,(H,27,30). The Kier molecular flexibility index (Phi) is 6.55. The Bertz CT molecular complexity index is 1040. The van der Waals surface area contributed by atoms with Crippen molar-refractivity contribution in [2.45, 2.75) is 44.9 Å². The van der Waals surface area contributed by atoms with Gasteiger partial charge in [0.15, 0.2) is 0 Å². The maximum absolute atomic E-state index is 12.9. The number of ether oxygens (including phenoxy) is 1. The highest BCUT2D eigenvalue weighted by Crippen LogP contribution is 2.35. The lowest BCUT2D eigenvalue weighted by Gasteiger charge is -2.27. The monoisotopic (exact) mass is 463 g/mol. The first-order valence-electron chi connectivity index (χ1n) is 10.5. The second kappa shape index (κ2) is 9.36. The molecule has 0 spiro atoms. The first-order chi connectivity index (χ1) is 15.3. The normalized spacial score (nSPS) is 19.0.